The lowest BCUT2D eigenvalue weighted by Gasteiger charge is -2.07. The fourth-order valence-corrected chi connectivity index (χ4v) is 3.31. The fourth-order valence-electron chi connectivity index (χ4n) is 3.31. The maximum atomic E-state index is 12.1. The summed E-state index contributed by atoms with van der Waals surface area (Å²) in [6, 6.07) is 26.5. The topological polar surface area (TPSA) is 57.8 Å². The van der Waals surface area contributed by atoms with Crippen LogP contribution in [0.2, 0.25) is 0 Å². The Morgan fingerprint density at radius 1 is 0.821 bits per heavy atom. The number of aryl methyl sites for hydroxylation is 1. The second-order valence-corrected chi connectivity index (χ2v) is 6.87. The molecule has 140 valence electrons. The number of nitrogens with zero attached hydrogens (tertiary/aromatic N) is 1. The molecule has 0 atom stereocenters. The Balaban J connectivity index is 1.27. The SMILES string of the molecule is O=c1[nH]c(CCCNCc2ccc(-c3ccccc3)cc2)nc2ccccc12. The Bertz CT molecular complexity index is 1100. The molecule has 1 heterocycles. The highest BCUT2D eigenvalue weighted by Gasteiger charge is 2.03. The number of aromatic nitrogens is 2. The van der Waals surface area contributed by atoms with E-state index < -0.39 is 0 Å². The van der Waals surface area contributed by atoms with E-state index in [0.717, 1.165) is 37.3 Å². The lowest BCUT2D eigenvalue weighted by Crippen LogP contribution is -2.17. The lowest BCUT2D eigenvalue weighted by atomic mass is 10.0. The Kier molecular flexibility index (Phi) is 5.59. The molecule has 0 aliphatic carbocycles. The second kappa shape index (κ2) is 8.63. The van der Waals surface area contributed by atoms with Gasteiger partial charge in [0.2, 0.25) is 0 Å². The molecule has 0 fully saturated rings. The Morgan fingerprint density at radius 2 is 1.54 bits per heavy atom. The predicted molar refractivity (Wildman–Crippen MR) is 114 cm³/mol. The van der Waals surface area contributed by atoms with Crippen molar-refractivity contribution in [2.75, 3.05) is 6.54 Å². The van der Waals surface area contributed by atoms with Crippen LogP contribution in [0.25, 0.3) is 22.0 Å². The first-order chi connectivity index (χ1) is 13.8. The van der Waals surface area contributed by atoms with Crippen LogP contribution in [0.5, 0.6) is 0 Å². The number of fused-ring (bicyclic) bond motifs is 1. The quantitative estimate of drug-likeness (QED) is 0.477. The van der Waals surface area contributed by atoms with Crippen molar-refractivity contribution < 1.29 is 0 Å². The van der Waals surface area contributed by atoms with E-state index >= 15 is 0 Å². The summed E-state index contributed by atoms with van der Waals surface area (Å²) in [5.74, 6) is 0.748. The zero-order chi connectivity index (χ0) is 19.2. The smallest absolute Gasteiger partial charge is 0.258 e. The van der Waals surface area contributed by atoms with Gasteiger partial charge in [0.05, 0.1) is 10.9 Å². The Hall–Kier alpha value is -3.24. The molecule has 0 aliphatic heterocycles. The van der Waals surface area contributed by atoms with E-state index in [0.29, 0.717) is 5.39 Å². The number of aromatic amines is 1. The van der Waals surface area contributed by atoms with E-state index in [1.165, 1.54) is 16.7 Å². The standard InChI is InChI=1S/C24H23N3O/c28-24-21-9-4-5-10-22(21)26-23(27-24)11-6-16-25-17-18-12-14-20(15-13-18)19-7-2-1-3-8-19/h1-5,7-10,12-15,25H,6,11,16-17H2,(H,26,27,28). The minimum atomic E-state index is -0.0629. The minimum absolute atomic E-state index is 0.0629. The maximum Gasteiger partial charge on any atom is 0.258 e. The Morgan fingerprint density at radius 3 is 2.36 bits per heavy atom. The second-order valence-electron chi connectivity index (χ2n) is 6.87. The number of nitrogens with one attached hydrogen (secondary N) is 2. The van der Waals surface area contributed by atoms with Gasteiger partial charge < -0.3 is 10.3 Å². The molecule has 4 nitrogen and oxygen atoms in total. The van der Waals surface area contributed by atoms with Crippen molar-refractivity contribution in [1.29, 1.82) is 0 Å². The van der Waals surface area contributed by atoms with Crippen molar-refractivity contribution in [3.8, 4) is 11.1 Å². The number of benzene rings is 3. The molecule has 0 unspecified atom stereocenters. The van der Waals surface area contributed by atoms with Crippen molar-refractivity contribution in [3.63, 3.8) is 0 Å². The predicted octanol–water partition coefficient (Wildman–Crippen LogP) is 4.31. The summed E-state index contributed by atoms with van der Waals surface area (Å²) in [7, 11) is 0. The van der Waals surface area contributed by atoms with Crippen molar-refractivity contribution in [2.45, 2.75) is 19.4 Å². The first-order valence-corrected chi connectivity index (χ1v) is 9.62. The lowest BCUT2D eigenvalue weighted by molar-refractivity contribution is 0.639. The molecule has 0 radical (unpaired) electrons. The largest absolute Gasteiger partial charge is 0.313 e. The number of rotatable bonds is 7. The van der Waals surface area contributed by atoms with Gasteiger partial charge in [-0.3, -0.25) is 4.79 Å². The highest BCUT2D eigenvalue weighted by Crippen LogP contribution is 2.19. The molecule has 0 saturated heterocycles. The molecule has 0 spiro atoms. The van der Waals surface area contributed by atoms with Crippen LogP contribution in [0.3, 0.4) is 0 Å². The molecule has 4 heteroatoms. The van der Waals surface area contributed by atoms with Crippen LogP contribution in [0, 0.1) is 0 Å². The zero-order valence-corrected chi connectivity index (χ0v) is 15.7. The van der Waals surface area contributed by atoms with Gasteiger partial charge >= 0.3 is 0 Å². The fraction of sp³-hybridized carbons (Fsp3) is 0.167. The van der Waals surface area contributed by atoms with E-state index in [1.807, 2.05) is 24.3 Å². The van der Waals surface area contributed by atoms with Crippen LogP contribution in [-0.4, -0.2) is 16.5 Å². The van der Waals surface area contributed by atoms with Gasteiger partial charge in [-0.2, -0.15) is 0 Å². The van der Waals surface area contributed by atoms with Gasteiger partial charge in [0, 0.05) is 13.0 Å². The van der Waals surface area contributed by atoms with Crippen molar-refractivity contribution in [2.24, 2.45) is 0 Å². The average molecular weight is 369 g/mol. The molecule has 0 amide bonds. The summed E-state index contributed by atoms with van der Waals surface area (Å²) in [6.07, 6.45) is 1.67. The van der Waals surface area contributed by atoms with E-state index in [2.05, 4.69) is 63.8 Å². The van der Waals surface area contributed by atoms with Gasteiger partial charge in [0.25, 0.3) is 5.56 Å². The van der Waals surface area contributed by atoms with E-state index in [4.69, 9.17) is 0 Å². The average Bonchev–Trinajstić information content (AvgIpc) is 2.75. The van der Waals surface area contributed by atoms with Crippen molar-refractivity contribution in [1.82, 2.24) is 15.3 Å². The minimum Gasteiger partial charge on any atom is -0.313 e. The highest BCUT2D eigenvalue weighted by molar-refractivity contribution is 5.77. The van der Waals surface area contributed by atoms with Gasteiger partial charge in [-0.05, 0) is 41.8 Å². The van der Waals surface area contributed by atoms with Gasteiger partial charge in [-0.15, -0.1) is 0 Å². The molecule has 0 bridgehead atoms. The molecule has 0 saturated carbocycles. The van der Waals surface area contributed by atoms with E-state index in [1.54, 1.807) is 6.07 Å². The monoisotopic (exact) mass is 369 g/mol. The van der Waals surface area contributed by atoms with Crippen LogP contribution in [0.1, 0.15) is 17.8 Å². The molecular weight excluding hydrogens is 346 g/mol. The molecule has 28 heavy (non-hydrogen) atoms. The summed E-state index contributed by atoms with van der Waals surface area (Å²) in [5, 5.41) is 4.11. The molecular formula is C24H23N3O. The third-order valence-corrected chi connectivity index (χ3v) is 4.82. The number of hydrogen-bond donors (Lipinski definition) is 2. The van der Waals surface area contributed by atoms with Crippen LogP contribution < -0.4 is 10.9 Å². The third kappa shape index (κ3) is 4.35. The van der Waals surface area contributed by atoms with Crippen molar-refractivity contribution >= 4 is 10.9 Å². The van der Waals surface area contributed by atoms with Crippen molar-refractivity contribution in [3.05, 3.63) is 101 Å². The van der Waals surface area contributed by atoms with Crippen LogP contribution in [0.4, 0.5) is 0 Å². The summed E-state index contributed by atoms with van der Waals surface area (Å²) in [4.78, 5) is 19.5. The van der Waals surface area contributed by atoms with Crippen LogP contribution in [0.15, 0.2) is 83.7 Å². The zero-order valence-electron chi connectivity index (χ0n) is 15.7. The number of hydrogen-bond acceptors (Lipinski definition) is 3. The van der Waals surface area contributed by atoms with E-state index in [-0.39, 0.29) is 5.56 Å². The van der Waals surface area contributed by atoms with Gasteiger partial charge in [-0.1, -0.05) is 66.7 Å². The van der Waals surface area contributed by atoms with Crippen LogP contribution >= 0.6 is 0 Å². The third-order valence-electron chi connectivity index (χ3n) is 4.82. The summed E-state index contributed by atoms with van der Waals surface area (Å²) in [6.45, 7) is 1.70. The summed E-state index contributed by atoms with van der Waals surface area (Å²) < 4.78 is 0. The highest BCUT2D eigenvalue weighted by atomic mass is 16.1. The first-order valence-electron chi connectivity index (χ1n) is 9.62. The maximum absolute atomic E-state index is 12.1. The molecule has 4 aromatic rings. The molecule has 4 rings (SSSR count). The van der Waals surface area contributed by atoms with Gasteiger partial charge in [-0.25, -0.2) is 4.98 Å². The van der Waals surface area contributed by atoms with Gasteiger partial charge in [0.15, 0.2) is 0 Å². The normalized spacial score (nSPS) is 11.0. The van der Waals surface area contributed by atoms with Gasteiger partial charge in [0.1, 0.15) is 5.82 Å². The molecule has 2 N–H and O–H groups in total. The summed E-state index contributed by atoms with van der Waals surface area (Å²) in [5.41, 5.74) is 4.42. The molecule has 1 aromatic heterocycles. The van der Waals surface area contributed by atoms with E-state index in [9.17, 15) is 4.79 Å². The first kappa shape index (κ1) is 18.1. The summed E-state index contributed by atoms with van der Waals surface area (Å²) >= 11 is 0. The Labute approximate surface area is 164 Å². The molecule has 3 aromatic carbocycles. The number of H-pyrrole nitrogens is 1. The molecule has 0 aliphatic rings. The van der Waals surface area contributed by atoms with Crippen LogP contribution in [-0.2, 0) is 13.0 Å². The number of para-hydroxylation sites is 1.